The average molecular weight is 1030 g/mol. The maximum Gasteiger partial charge on any atom is 0.245 e. The maximum atomic E-state index is 14.4. The minimum absolute atomic E-state index is 0.00665. The average Bonchev–Trinajstić information content (AvgIpc) is 3.35. The molecule has 1 aliphatic rings. The van der Waals surface area contributed by atoms with Crippen LogP contribution in [0.25, 0.3) is 0 Å². The predicted octanol–water partition coefficient (Wildman–Crippen LogP) is -4.89. The van der Waals surface area contributed by atoms with E-state index in [1.165, 1.54) is 13.8 Å². The van der Waals surface area contributed by atoms with Crippen molar-refractivity contribution in [3.63, 3.8) is 0 Å². The van der Waals surface area contributed by atoms with Crippen molar-refractivity contribution in [2.24, 2.45) is 34.6 Å². The topological polar surface area (TPSA) is 432 Å². The molecule has 1 fully saturated rings. The van der Waals surface area contributed by atoms with Crippen LogP contribution in [0.2, 0.25) is 0 Å². The molecule has 0 radical (unpaired) electrons. The highest BCUT2D eigenvalue weighted by Gasteiger charge is 2.36. The molecule has 0 aliphatic carbocycles. The Morgan fingerprint density at radius 2 is 1.08 bits per heavy atom. The molecule has 0 bridgehead atoms. The van der Waals surface area contributed by atoms with Gasteiger partial charge in [0.15, 0.2) is 0 Å². The lowest BCUT2D eigenvalue weighted by Gasteiger charge is -2.29. The summed E-state index contributed by atoms with van der Waals surface area (Å²) in [7, 11) is 0. The first-order chi connectivity index (χ1) is 34.7. The van der Waals surface area contributed by atoms with Gasteiger partial charge in [-0.2, -0.15) is 0 Å². The van der Waals surface area contributed by atoms with Crippen LogP contribution >= 0.6 is 0 Å². The zero-order valence-corrected chi connectivity index (χ0v) is 42.8. The summed E-state index contributed by atoms with van der Waals surface area (Å²) in [5, 5.41) is 44.5. The molecule has 73 heavy (non-hydrogen) atoms. The summed E-state index contributed by atoms with van der Waals surface area (Å²) in [6.45, 7) is 6.53. The summed E-state index contributed by atoms with van der Waals surface area (Å²) in [5.74, 6) is -7.48. The predicted molar refractivity (Wildman–Crippen MR) is 272 cm³/mol. The number of benzene rings is 1. The SMILES string of the molecule is CC(C)CC1NC(=O)[C@@H](Cc2ccccc2)NC(=O)C(CCCN)NC(=O)[C@@H](NC(=O)[C@H](CCCN)NC(=O)[C@@H](N)[C@@H](C)O)CCCNC(=O)[C@H]([C@@H](C)O)NC(=O)[C@H](CCCN)NC(=O)C(CCCN)NC1=O. The molecule has 2 rings (SSSR count). The highest BCUT2D eigenvalue weighted by Crippen LogP contribution is 2.12. The molecule has 0 saturated carbocycles. The molecular weight excluding hydrogens is 949 g/mol. The van der Waals surface area contributed by atoms with Gasteiger partial charge in [-0.05, 0) is 122 Å². The van der Waals surface area contributed by atoms with Gasteiger partial charge < -0.3 is 86.7 Å². The van der Waals surface area contributed by atoms with Gasteiger partial charge >= 0.3 is 0 Å². The van der Waals surface area contributed by atoms with Crippen molar-refractivity contribution < 1.29 is 53.4 Å². The second-order valence-corrected chi connectivity index (χ2v) is 18.9. The first kappa shape index (κ1) is 63.3. The molecule has 1 heterocycles. The Balaban J connectivity index is 2.77. The van der Waals surface area contributed by atoms with Gasteiger partial charge in [0.1, 0.15) is 54.4 Å². The van der Waals surface area contributed by atoms with Gasteiger partial charge in [-0.3, -0.25) is 43.2 Å². The molecule has 0 spiro atoms. The number of carbonyl (C=O) groups is 9. The quantitative estimate of drug-likeness (QED) is 0.0518. The smallest absolute Gasteiger partial charge is 0.245 e. The molecule has 9 amide bonds. The lowest BCUT2D eigenvalue weighted by molar-refractivity contribution is -0.136. The second kappa shape index (κ2) is 33.8. The van der Waals surface area contributed by atoms with Crippen LogP contribution in [0.4, 0.5) is 0 Å². The minimum atomic E-state index is -1.55. The van der Waals surface area contributed by atoms with Gasteiger partial charge in [0.25, 0.3) is 0 Å². The van der Waals surface area contributed by atoms with Crippen LogP contribution in [0.15, 0.2) is 30.3 Å². The summed E-state index contributed by atoms with van der Waals surface area (Å²) in [5.41, 5.74) is 29.6. The standard InChI is InChI=1S/C48H84N14O11/c1-27(2)25-36-45(70)58-31(15-8-20-49)40(65)56-34(18-11-23-52)44(69)62-39(29(4)64)48(73)54-24-12-19-35(57-41(66)33(17-10-22-51)59-47(72)38(53)28(3)63)42(67)55-32(16-9-21-50)43(68)61-37(46(71)60-36)26-30-13-6-5-7-14-30/h5-7,13-14,27-29,31-39,63-64H,8-12,15-26,49-53H2,1-4H3,(H,54,73)(H,55,67)(H,56,65)(H,57,66)(H,58,70)(H,59,72)(H,60,71)(H,61,68)(H,62,69)/t28-,29-,31?,32?,33+,34+,35+,36?,37-,38+,39+/m1/s1. The third-order valence-electron chi connectivity index (χ3n) is 12.1. The van der Waals surface area contributed by atoms with Crippen molar-refractivity contribution in [2.75, 3.05) is 32.7 Å². The van der Waals surface area contributed by atoms with E-state index in [2.05, 4.69) is 47.9 Å². The van der Waals surface area contributed by atoms with E-state index < -0.39 is 120 Å². The molecule has 21 N–H and O–H groups in total. The van der Waals surface area contributed by atoms with Crippen LogP contribution in [-0.4, -0.2) is 163 Å². The number of aliphatic hydroxyl groups excluding tert-OH is 2. The number of nitrogens with one attached hydrogen (secondary N) is 9. The largest absolute Gasteiger partial charge is 0.391 e. The van der Waals surface area contributed by atoms with Gasteiger partial charge in [-0.25, -0.2) is 0 Å². The van der Waals surface area contributed by atoms with E-state index in [-0.39, 0.29) is 116 Å². The van der Waals surface area contributed by atoms with Crippen LogP contribution < -0.4 is 76.5 Å². The van der Waals surface area contributed by atoms with E-state index in [1.54, 1.807) is 30.3 Å². The Kier molecular flexibility index (Phi) is 29.3. The Morgan fingerprint density at radius 1 is 0.616 bits per heavy atom. The molecule has 1 aromatic carbocycles. The van der Waals surface area contributed by atoms with Gasteiger partial charge in [-0.15, -0.1) is 0 Å². The monoisotopic (exact) mass is 1030 g/mol. The third kappa shape index (κ3) is 22.9. The van der Waals surface area contributed by atoms with E-state index in [1.807, 2.05) is 13.8 Å². The highest BCUT2D eigenvalue weighted by molar-refractivity contribution is 5.98. The molecule has 25 nitrogen and oxygen atoms in total. The van der Waals surface area contributed by atoms with Crippen LogP contribution in [0.5, 0.6) is 0 Å². The first-order valence-electron chi connectivity index (χ1n) is 25.3. The van der Waals surface area contributed by atoms with E-state index in [9.17, 15) is 53.4 Å². The van der Waals surface area contributed by atoms with Crippen LogP contribution in [0, 0.1) is 5.92 Å². The maximum absolute atomic E-state index is 14.4. The number of carbonyl (C=O) groups excluding carboxylic acids is 9. The fourth-order valence-electron chi connectivity index (χ4n) is 7.80. The van der Waals surface area contributed by atoms with Crippen LogP contribution in [0.3, 0.4) is 0 Å². The van der Waals surface area contributed by atoms with Gasteiger partial charge in [0.2, 0.25) is 53.2 Å². The molecule has 1 saturated heterocycles. The molecular formula is C48H84N14O11. The summed E-state index contributed by atoms with van der Waals surface area (Å²) in [6.07, 6.45) is -1.87. The van der Waals surface area contributed by atoms with Crippen molar-refractivity contribution in [3.05, 3.63) is 35.9 Å². The molecule has 1 aromatic rings. The van der Waals surface area contributed by atoms with Crippen molar-refractivity contribution in [2.45, 2.75) is 171 Å². The number of aliphatic hydroxyl groups is 2. The molecule has 11 atom stereocenters. The molecule has 0 aromatic heterocycles. The van der Waals surface area contributed by atoms with Crippen molar-refractivity contribution in [1.29, 1.82) is 0 Å². The summed E-state index contributed by atoms with van der Waals surface area (Å²) in [6, 6.07) is -3.40. The van der Waals surface area contributed by atoms with E-state index in [0.717, 1.165) is 0 Å². The van der Waals surface area contributed by atoms with E-state index in [4.69, 9.17) is 28.7 Å². The zero-order chi connectivity index (χ0) is 54.6. The Labute approximate surface area is 427 Å². The van der Waals surface area contributed by atoms with Gasteiger partial charge in [0.05, 0.1) is 12.2 Å². The number of nitrogens with two attached hydrogens (primary N) is 5. The second-order valence-electron chi connectivity index (χ2n) is 18.9. The fourth-order valence-corrected chi connectivity index (χ4v) is 7.80. The van der Waals surface area contributed by atoms with E-state index in [0.29, 0.717) is 5.56 Å². The fraction of sp³-hybridized carbons (Fsp3) is 0.688. The van der Waals surface area contributed by atoms with Gasteiger partial charge in [0, 0.05) is 13.0 Å². The summed E-state index contributed by atoms with van der Waals surface area (Å²) in [4.78, 5) is 126. The molecule has 3 unspecified atom stereocenters. The number of amides is 9. The lowest BCUT2D eigenvalue weighted by Crippen LogP contribution is -2.61. The Bertz CT molecular complexity index is 1930. The van der Waals surface area contributed by atoms with Gasteiger partial charge in [-0.1, -0.05) is 44.2 Å². The zero-order valence-electron chi connectivity index (χ0n) is 42.8. The molecule has 1 aliphatic heterocycles. The third-order valence-corrected chi connectivity index (χ3v) is 12.1. The Morgan fingerprint density at radius 3 is 1.58 bits per heavy atom. The number of rotatable bonds is 22. The molecule has 412 valence electrons. The normalized spacial score (nSPS) is 24.2. The summed E-state index contributed by atoms with van der Waals surface area (Å²) >= 11 is 0. The number of hydrogen-bond donors (Lipinski definition) is 16. The van der Waals surface area contributed by atoms with Crippen LogP contribution in [0.1, 0.15) is 104 Å². The lowest BCUT2D eigenvalue weighted by atomic mass is 9.99. The minimum Gasteiger partial charge on any atom is -0.391 e. The van der Waals surface area contributed by atoms with Crippen molar-refractivity contribution >= 4 is 53.2 Å². The van der Waals surface area contributed by atoms with Crippen LogP contribution in [-0.2, 0) is 49.6 Å². The van der Waals surface area contributed by atoms with Crippen molar-refractivity contribution in [1.82, 2.24) is 47.9 Å². The van der Waals surface area contributed by atoms with E-state index >= 15 is 0 Å². The first-order valence-corrected chi connectivity index (χ1v) is 25.3. The Hall–Kier alpha value is -5.83. The molecule has 25 heteroatoms. The summed E-state index contributed by atoms with van der Waals surface area (Å²) < 4.78 is 0. The van der Waals surface area contributed by atoms with Crippen molar-refractivity contribution in [3.8, 4) is 0 Å². The number of hydrogen-bond acceptors (Lipinski definition) is 16. The highest BCUT2D eigenvalue weighted by atomic mass is 16.3.